The van der Waals surface area contributed by atoms with E-state index in [2.05, 4.69) is 10.6 Å². The quantitative estimate of drug-likeness (QED) is 0.349. The lowest BCUT2D eigenvalue weighted by atomic mass is 10.6. The second-order valence-electron chi connectivity index (χ2n) is 1.69. The minimum absolute atomic E-state index is 0.129. The van der Waals surface area contributed by atoms with Gasteiger partial charge in [0.15, 0.2) is 0 Å². The molecule has 0 atom stereocenters. The van der Waals surface area contributed by atoms with Crippen LogP contribution in [0.2, 0.25) is 0 Å². The smallest absolute Gasteiger partial charge is 0.0603 e. The van der Waals surface area contributed by atoms with Gasteiger partial charge in [0.1, 0.15) is 0 Å². The molecule has 0 aromatic carbocycles. The highest BCUT2D eigenvalue weighted by atomic mass is 16.3. The molecule has 4 N–H and O–H groups in total. The Kier molecular flexibility index (Phi) is 7.65. The zero-order chi connectivity index (χ0) is 7.66. The van der Waals surface area contributed by atoms with Gasteiger partial charge in [0.25, 0.3) is 0 Å². The molecule has 0 unspecified atom stereocenters. The van der Waals surface area contributed by atoms with E-state index in [-0.39, 0.29) is 13.2 Å². The molecule has 0 radical (unpaired) electrons. The molecule has 0 fully saturated rings. The maximum atomic E-state index is 8.31. The monoisotopic (exact) mass is 146 g/mol. The van der Waals surface area contributed by atoms with Gasteiger partial charge in [0.05, 0.1) is 13.2 Å². The minimum Gasteiger partial charge on any atom is -0.395 e. The highest BCUT2D eigenvalue weighted by Gasteiger charge is 1.74. The topological polar surface area (TPSA) is 64.5 Å². The van der Waals surface area contributed by atoms with Gasteiger partial charge in [-0.2, -0.15) is 0 Å². The van der Waals surface area contributed by atoms with Crippen molar-refractivity contribution in [2.45, 2.75) is 0 Å². The Morgan fingerprint density at radius 3 is 1.60 bits per heavy atom. The van der Waals surface area contributed by atoms with Crippen molar-refractivity contribution in [2.24, 2.45) is 0 Å². The third-order valence-electron chi connectivity index (χ3n) is 0.831. The van der Waals surface area contributed by atoms with Crippen LogP contribution in [0.25, 0.3) is 0 Å². The molecule has 4 heteroatoms. The molecule has 0 amide bonds. The number of nitrogens with one attached hydrogen (secondary N) is 2. The van der Waals surface area contributed by atoms with Crippen LogP contribution < -0.4 is 10.6 Å². The zero-order valence-electron chi connectivity index (χ0n) is 5.88. The van der Waals surface area contributed by atoms with E-state index in [9.17, 15) is 0 Å². The summed E-state index contributed by atoms with van der Waals surface area (Å²) in [6.45, 7) is 1.36. The second-order valence-corrected chi connectivity index (χ2v) is 1.69. The van der Waals surface area contributed by atoms with Gasteiger partial charge in [0.2, 0.25) is 0 Å². The van der Waals surface area contributed by atoms with Crippen molar-refractivity contribution >= 4 is 0 Å². The number of rotatable bonds is 6. The number of hydrogen-bond acceptors (Lipinski definition) is 4. The fraction of sp³-hybridized carbons (Fsp3) is 0.667. The van der Waals surface area contributed by atoms with Crippen LogP contribution in [0.5, 0.6) is 0 Å². The van der Waals surface area contributed by atoms with Crippen molar-refractivity contribution in [1.82, 2.24) is 10.6 Å². The Morgan fingerprint density at radius 2 is 1.30 bits per heavy atom. The largest absolute Gasteiger partial charge is 0.395 e. The maximum absolute atomic E-state index is 8.31. The molecule has 0 saturated heterocycles. The van der Waals surface area contributed by atoms with Crippen molar-refractivity contribution in [3.8, 4) is 0 Å². The molecule has 0 saturated carbocycles. The highest BCUT2D eigenvalue weighted by molar-refractivity contribution is 4.76. The van der Waals surface area contributed by atoms with Gasteiger partial charge in [-0.15, -0.1) is 0 Å². The van der Waals surface area contributed by atoms with Crippen LogP contribution in [-0.4, -0.2) is 36.5 Å². The summed E-state index contributed by atoms with van der Waals surface area (Å²) in [6, 6.07) is 0. The van der Waals surface area contributed by atoms with Gasteiger partial charge in [-0.1, -0.05) is 0 Å². The molecule has 0 spiro atoms. The molecule has 0 aromatic heterocycles. The van der Waals surface area contributed by atoms with Gasteiger partial charge in [-0.05, 0) is 0 Å². The molecule has 10 heavy (non-hydrogen) atoms. The van der Waals surface area contributed by atoms with Crippen molar-refractivity contribution in [3.05, 3.63) is 12.4 Å². The molecular formula is C6H14N2O2. The Hall–Kier alpha value is -0.740. The molecule has 0 aliphatic rings. The molecule has 0 bridgehead atoms. The first-order chi connectivity index (χ1) is 4.91. The van der Waals surface area contributed by atoms with Crippen molar-refractivity contribution in [1.29, 1.82) is 0 Å². The van der Waals surface area contributed by atoms with Crippen LogP contribution in [0.15, 0.2) is 12.4 Å². The Labute approximate surface area is 60.6 Å². The van der Waals surface area contributed by atoms with Gasteiger partial charge in [-0.25, -0.2) is 0 Å². The van der Waals surface area contributed by atoms with Crippen LogP contribution in [0.4, 0.5) is 0 Å². The summed E-state index contributed by atoms with van der Waals surface area (Å²) >= 11 is 0. The van der Waals surface area contributed by atoms with Crippen molar-refractivity contribution in [2.75, 3.05) is 26.3 Å². The Balaban J connectivity index is 2.89. The van der Waals surface area contributed by atoms with Gasteiger partial charge >= 0.3 is 0 Å². The summed E-state index contributed by atoms with van der Waals surface area (Å²) in [5.74, 6) is 0. The molecule has 0 aromatic rings. The van der Waals surface area contributed by atoms with E-state index in [1.165, 1.54) is 0 Å². The Morgan fingerprint density at radius 1 is 0.900 bits per heavy atom. The van der Waals surface area contributed by atoms with Gasteiger partial charge in [0, 0.05) is 25.5 Å². The molecular weight excluding hydrogens is 132 g/mol. The lowest BCUT2D eigenvalue weighted by Crippen LogP contribution is -2.15. The zero-order valence-corrected chi connectivity index (χ0v) is 5.88. The van der Waals surface area contributed by atoms with Gasteiger partial charge in [-0.3, -0.25) is 0 Å². The molecule has 4 nitrogen and oxygen atoms in total. The van der Waals surface area contributed by atoms with Crippen molar-refractivity contribution in [3.63, 3.8) is 0 Å². The first-order valence-corrected chi connectivity index (χ1v) is 3.25. The highest BCUT2D eigenvalue weighted by Crippen LogP contribution is 1.61. The second kappa shape index (κ2) is 8.26. The van der Waals surface area contributed by atoms with Crippen LogP contribution in [0.3, 0.4) is 0 Å². The molecule has 60 valence electrons. The Bertz CT molecular complexity index is 75.8. The lowest BCUT2D eigenvalue weighted by molar-refractivity contribution is 0.296. The minimum atomic E-state index is 0.129. The lowest BCUT2D eigenvalue weighted by Gasteiger charge is -1.96. The molecule has 0 rings (SSSR count). The van der Waals surface area contributed by atoms with Gasteiger partial charge < -0.3 is 20.8 Å². The van der Waals surface area contributed by atoms with Crippen LogP contribution >= 0.6 is 0 Å². The predicted octanol–water partition coefficient (Wildman–Crippen LogP) is -1.38. The molecule has 0 aliphatic carbocycles. The van der Waals surface area contributed by atoms with E-state index in [1.807, 2.05) is 0 Å². The van der Waals surface area contributed by atoms with E-state index in [1.54, 1.807) is 12.4 Å². The normalized spacial score (nSPS) is 10.2. The SMILES string of the molecule is OCCN/C=C\NCCO. The average molecular weight is 146 g/mol. The summed E-state index contributed by atoms with van der Waals surface area (Å²) < 4.78 is 0. The summed E-state index contributed by atoms with van der Waals surface area (Å²) in [5.41, 5.74) is 0. The predicted molar refractivity (Wildman–Crippen MR) is 39.3 cm³/mol. The number of aliphatic hydroxyl groups excluding tert-OH is 2. The van der Waals surface area contributed by atoms with Crippen LogP contribution in [0, 0.1) is 0 Å². The van der Waals surface area contributed by atoms with E-state index in [4.69, 9.17) is 10.2 Å². The van der Waals surface area contributed by atoms with E-state index in [0.29, 0.717) is 13.1 Å². The third-order valence-corrected chi connectivity index (χ3v) is 0.831. The van der Waals surface area contributed by atoms with E-state index >= 15 is 0 Å². The number of aliphatic hydroxyl groups is 2. The number of hydrogen-bond donors (Lipinski definition) is 4. The standard InChI is InChI=1S/C6H14N2O2/c9-5-3-7-1-2-8-4-6-10/h1-2,7-10H,3-6H2/b2-1-. The van der Waals surface area contributed by atoms with Crippen LogP contribution in [0.1, 0.15) is 0 Å². The first kappa shape index (κ1) is 9.26. The van der Waals surface area contributed by atoms with E-state index in [0.717, 1.165) is 0 Å². The fourth-order valence-electron chi connectivity index (χ4n) is 0.414. The summed E-state index contributed by atoms with van der Waals surface area (Å²) in [6.07, 6.45) is 3.37. The summed E-state index contributed by atoms with van der Waals surface area (Å²) in [7, 11) is 0. The van der Waals surface area contributed by atoms with Crippen LogP contribution in [-0.2, 0) is 0 Å². The molecule has 0 heterocycles. The van der Waals surface area contributed by atoms with Crippen molar-refractivity contribution < 1.29 is 10.2 Å². The maximum Gasteiger partial charge on any atom is 0.0603 e. The first-order valence-electron chi connectivity index (χ1n) is 3.25. The third kappa shape index (κ3) is 7.26. The average Bonchev–Trinajstić information content (AvgIpc) is 1.97. The van der Waals surface area contributed by atoms with E-state index < -0.39 is 0 Å². The fourth-order valence-corrected chi connectivity index (χ4v) is 0.414. The summed E-state index contributed by atoms with van der Waals surface area (Å²) in [4.78, 5) is 0. The molecule has 0 aliphatic heterocycles. The summed E-state index contributed by atoms with van der Waals surface area (Å²) in [5, 5.41) is 22.3.